The zero-order valence-electron chi connectivity index (χ0n) is 14.7. The van der Waals surface area contributed by atoms with Crippen molar-refractivity contribution in [3.8, 4) is 5.75 Å². The van der Waals surface area contributed by atoms with Crippen LogP contribution in [0.4, 0.5) is 4.79 Å². The highest BCUT2D eigenvalue weighted by Gasteiger charge is 2.26. The first-order chi connectivity index (χ1) is 12.7. The van der Waals surface area contributed by atoms with Crippen molar-refractivity contribution >= 4 is 16.9 Å². The molecule has 2 amide bonds. The Bertz CT molecular complexity index is 955. The third-order valence-corrected chi connectivity index (χ3v) is 4.87. The molecule has 5 heteroatoms. The first-order valence-electron chi connectivity index (χ1n) is 8.78. The number of amides is 2. The van der Waals surface area contributed by atoms with Gasteiger partial charge in [-0.3, -0.25) is 4.98 Å². The number of benzene rings is 2. The van der Waals surface area contributed by atoms with Crippen LogP contribution in [0.5, 0.6) is 5.75 Å². The van der Waals surface area contributed by atoms with Crippen molar-refractivity contribution in [3.63, 3.8) is 0 Å². The molecule has 1 atom stereocenters. The summed E-state index contributed by atoms with van der Waals surface area (Å²) in [6.45, 7) is 0.481. The van der Waals surface area contributed by atoms with E-state index in [1.165, 1.54) is 5.56 Å². The third kappa shape index (κ3) is 3.20. The van der Waals surface area contributed by atoms with Crippen LogP contribution in [0.15, 0.2) is 54.7 Å². The Kier molecular flexibility index (Phi) is 4.44. The lowest BCUT2D eigenvalue weighted by atomic mass is 10.1. The second kappa shape index (κ2) is 7.04. The molecular formula is C21H21N3O2. The van der Waals surface area contributed by atoms with E-state index >= 15 is 0 Å². The molecule has 132 valence electrons. The molecule has 2 aromatic carbocycles. The number of methoxy groups -OCH3 is 1. The van der Waals surface area contributed by atoms with E-state index < -0.39 is 0 Å². The summed E-state index contributed by atoms with van der Waals surface area (Å²) in [5.74, 6) is 0.900. The predicted octanol–water partition coefficient (Wildman–Crippen LogP) is 3.73. The number of nitrogens with one attached hydrogen (secondary N) is 2. The van der Waals surface area contributed by atoms with Gasteiger partial charge in [0.1, 0.15) is 5.75 Å². The van der Waals surface area contributed by atoms with Gasteiger partial charge in [0.25, 0.3) is 0 Å². The van der Waals surface area contributed by atoms with E-state index in [1.54, 1.807) is 13.3 Å². The summed E-state index contributed by atoms with van der Waals surface area (Å²) in [7, 11) is 1.68. The van der Waals surface area contributed by atoms with Gasteiger partial charge in [-0.2, -0.15) is 0 Å². The molecule has 0 radical (unpaired) electrons. The van der Waals surface area contributed by atoms with Crippen LogP contribution in [-0.4, -0.2) is 18.1 Å². The van der Waals surface area contributed by atoms with Gasteiger partial charge < -0.3 is 15.4 Å². The first-order valence-corrected chi connectivity index (χ1v) is 8.78. The summed E-state index contributed by atoms with van der Waals surface area (Å²) < 4.78 is 5.42. The van der Waals surface area contributed by atoms with Gasteiger partial charge in [-0.25, -0.2) is 4.79 Å². The van der Waals surface area contributed by atoms with Crippen LogP contribution in [0, 0.1) is 0 Å². The third-order valence-electron chi connectivity index (χ3n) is 4.87. The summed E-state index contributed by atoms with van der Waals surface area (Å²) in [6.07, 6.45) is 3.59. The minimum atomic E-state index is -0.156. The van der Waals surface area contributed by atoms with E-state index in [0.717, 1.165) is 40.6 Å². The maximum absolute atomic E-state index is 12.3. The second-order valence-corrected chi connectivity index (χ2v) is 6.48. The molecule has 0 saturated carbocycles. The standard InChI is InChI=1S/C21H21N3O2/c1-26-20-6-2-5-16-17(20)8-10-19(16)24-21(25)23-13-14-7-9-18-15(12-14)4-3-11-22-18/h2-7,9,11-12,19H,8,10,13H2,1H3,(H2,23,24,25)/t19-/m1/s1. The van der Waals surface area contributed by atoms with Crippen molar-refractivity contribution in [2.75, 3.05) is 7.11 Å². The first kappa shape index (κ1) is 16.4. The number of nitrogens with zero attached hydrogens (tertiary/aromatic N) is 1. The molecule has 0 saturated heterocycles. The summed E-state index contributed by atoms with van der Waals surface area (Å²) >= 11 is 0. The fraction of sp³-hybridized carbons (Fsp3) is 0.238. The summed E-state index contributed by atoms with van der Waals surface area (Å²) in [5.41, 5.74) is 4.35. The highest BCUT2D eigenvalue weighted by molar-refractivity contribution is 5.79. The molecule has 0 spiro atoms. The number of hydrogen-bond donors (Lipinski definition) is 2. The van der Waals surface area contributed by atoms with Crippen molar-refractivity contribution in [2.24, 2.45) is 0 Å². The van der Waals surface area contributed by atoms with Crippen LogP contribution in [-0.2, 0) is 13.0 Å². The lowest BCUT2D eigenvalue weighted by Gasteiger charge is -2.15. The van der Waals surface area contributed by atoms with Gasteiger partial charge in [-0.15, -0.1) is 0 Å². The quantitative estimate of drug-likeness (QED) is 0.756. The number of carbonyl (C=O) groups excluding carboxylic acids is 1. The molecule has 0 bridgehead atoms. The Morgan fingerprint density at radius 3 is 3.04 bits per heavy atom. The van der Waals surface area contributed by atoms with Gasteiger partial charge in [-0.1, -0.05) is 24.3 Å². The number of carbonyl (C=O) groups is 1. The highest BCUT2D eigenvalue weighted by Crippen LogP contribution is 2.36. The Morgan fingerprint density at radius 1 is 1.23 bits per heavy atom. The Hall–Kier alpha value is -3.08. The van der Waals surface area contributed by atoms with E-state index in [0.29, 0.717) is 6.54 Å². The van der Waals surface area contributed by atoms with E-state index in [-0.39, 0.29) is 12.1 Å². The molecule has 1 aliphatic rings. The van der Waals surface area contributed by atoms with E-state index in [2.05, 4.69) is 27.8 Å². The van der Waals surface area contributed by atoms with Crippen molar-refractivity contribution in [1.29, 1.82) is 0 Å². The van der Waals surface area contributed by atoms with Gasteiger partial charge in [0, 0.05) is 18.1 Å². The molecule has 1 heterocycles. The van der Waals surface area contributed by atoms with Gasteiger partial charge in [0.15, 0.2) is 0 Å². The molecule has 0 fully saturated rings. The number of hydrogen-bond acceptors (Lipinski definition) is 3. The molecule has 5 nitrogen and oxygen atoms in total. The van der Waals surface area contributed by atoms with Gasteiger partial charge >= 0.3 is 6.03 Å². The lowest BCUT2D eigenvalue weighted by Crippen LogP contribution is -2.36. The van der Waals surface area contributed by atoms with Crippen LogP contribution in [0.2, 0.25) is 0 Å². The van der Waals surface area contributed by atoms with Gasteiger partial charge in [0.05, 0.1) is 18.7 Å². The molecule has 26 heavy (non-hydrogen) atoms. The van der Waals surface area contributed by atoms with Gasteiger partial charge in [-0.05, 0) is 53.8 Å². The lowest BCUT2D eigenvalue weighted by molar-refractivity contribution is 0.236. The molecule has 4 rings (SSSR count). The number of aromatic nitrogens is 1. The Morgan fingerprint density at radius 2 is 2.15 bits per heavy atom. The zero-order valence-corrected chi connectivity index (χ0v) is 14.7. The Labute approximate surface area is 152 Å². The van der Waals surface area contributed by atoms with Crippen molar-refractivity contribution in [1.82, 2.24) is 15.6 Å². The van der Waals surface area contributed by atoms with Crippen molar-refractivity contribution < 1.29 is 9.53 Å². The van der Waals surface area contributed by atoms with Crippen LogP contribution in [0.1, 0.15) is 29.2 Å². The number of ether oxygens (including phenoxy) is 1. The normalized spacial score (nSPS) is 15.5. The maximum atomic E-state index is 12.3. The van der Waals surface area contributed by atoms with Crippen molar-refractivity contribution in [3.05, 3.63) is 71.4 Å². The molecule has 3 aromatic rings. The van der Waals surface area contributed by atoms with E-state index in [9.17, 15) is 4.79 Å². The summed E-state index contributed by atoms with van der Waals surface area (Å²) in [6, 6.07) is 15.8. The van der Waals surface area contributed by atoms with E-state index in [1.807, 2.05) is 36.4 Å². The number of pyridine rings is 1. The monoisotopic (exact) mass is 347 g/mol. The Balaban J connectivity index is 1.39. The zero-order chi connectivity index (χ0) is 17.9. The van der Waals surface area contributed by atoms with Gasteiger partial charge in [0.2, 0.25) is 0 Å². The highest BCUT2D eigenvalue weighted by atomic mass is 16.5. The number of urea groups is 1. The SMILES string of the molecule is COc1cccc2c1CC[C@H]2NC(=O)NCc1ccc2ncccc2c1. The molecule has 0 aliphatic heterocycles. The largest absolute Gasteiger partial charge is 0.496 e. The van der Waals surface area contributed by atoms with Crippen molar-refractivity contribution in [2.45, 2.75) is 25.4 Å². The van der Waals surface area contributed by atoms with Crippen LogP contribution in [0.25, 0.3) is 10.9 Å². The topological polar surface area (TPSA) is 63.2 Å². The average Bonchev–Trinajstić information content (AvgIpc) is 3.09. The predicted molar refractivity (Wildman–Crippen MR) is 101 cm³/mol. The average molecular weight is 347 g/mol. The summed E-state index contributed by atoms with van der Waals surface area (Å²) in [5, 5.41) is 7.10. The number of fused-ring (bicyclic) bond motifs is 2. The van der Waals surface area contributed by atoms with Crippen LogP contribution >= 0.6 is 0 Å². The summed E-state index contributed by atoms with van der Waals surface area (Å²) in [4.78, 5) is 16.6. The smallest absolute Gasteiger partial charge is 0.315 e. The molecule has 1 aliphatic carbocycles. The molecular weight excluding hydrogens is 326 g/mol. The number of rotatable bonds is 4. The minimum absolute atomic E-state index is 0.0286. The minimum Gasteiger partial charge on any atom is -0.496 e. The molecule has 2 N–H and O–H groups in total. The maximum Gasteiger partial charge on any atom is 0.315 e. The molecule has 0 unspecified atom stereocenters. The van der Waals surface area contributed by atoms with E-state index in [4.69, 9.17) is 4.74 Å². The van der Waals surface area contributed by atoms with Crippen LogP contribution < -0.4 is 15.4 Å². The second-order valence-electron chi connectivity index (χ2n) is 6.48. The molecule has 1 aromatic heterocycles. The van der Waals surface area contributed by atoms with Crippen LogP contribution in [0.3, 0.4) is 0 Å². The fourth-order valence-corrected chi connectivity index (χ4v) is 3.59. The fourth-order valence-electron chi connectivity index (χ4n) is 3.59.